The van der Waals surface area contributed by atoms with Gasteiger partial charge in [0.2, 0.25) is 0 Å². The van der Waals surface area contributed by atoms with E-state index in [9.17, 15) is 4.79 Å². The maximum atomic E-state index is 11.7. The highest BCUT2D eigenvalue weighted by molar-refractivity contribution is 5.95. The van der Waals surface area contributed by atoms with E-state index in [1.807, 2.05) is 39.0 Å². The van der Waals surface area contributed by atoms with E-state index >= 15 is 0 Å². The molecule has 0 fully saturated rings. The molecule has 0 radical (unpaired) electrons. The summed E-state index contributed by atoms with van der Waals surface area (Å²) in [6, 6.07) is 5.60. The second-order valence-corrected chi connectivity index (χ2v) is 4.77. The first-order chi connectivity index (χ1) is 9.52. The van der Waals surface area contributed by atoms with Crippen LogP contribution in [-0.4, -0.2) is 18.1 Å². The fourth-order valence-electron chi connectivity index (χ4n) is 2.04. The first kappa shape index (κ1) is 14.1. The zero-order chi connectivity index (χ0) is 14.7. The van der Waals surface area contributed by atoms with Gasteiger partial charge in [-0.25, -0.2) is 0 Å². The highest BCUT2D eigenvalue weighted by atomic mass is 16.5. The van der Waals surface area contributed by atoms with Crippen LogP contribution in [0.15, 0.2) is 22.7 Å². The molecule has 1 heterocycles. The molecule has 0 atom stereocenters. The molecule has 5 nitrogen and oxygen atoms in total. The largest absolute Gasteiger partial charge is 0.381 e. The molecule has 0 aliphatic carbocycles. The quantitative estimate of drug-likeness (QED) is 0.898. The van der Waals surface area contributed by atoms with Crippen LogP contribution in [0.5, 0.6) is 0 Å². The van der Waals surface area contributed by atoms with Crippen molar-refractivity contribution < 1.29 is 9.32 Å². The highest BCUT2D eigenvalue weighted by Crippen LogP contribution is 2.20. The number of aromatic nitrogens is 1. The maximum Gasteiger partial charge on any atom is 0.251 e. The molecule has 2 rings (SSSR count). The van der Waals surface area contributed by atoms with Gasteiger partial charge in [-0.05, 0) is 38.5 Å². The summed E-state index contributed by atoms with van der Waals surface area (Å²) in [4.78, 5) is 11.7. The SMILES string of the molecule is CNC(=O)c1ccc(C)c(NCc2c(C)noc2C)c1. The van der Waals surface area contributed by atoms with Crippen molar-refractivity contribution in [2.75, 3.05) is 12.4 Å². The summed E-state index contributed by atoms with van der Waals surface area (Å²) in [5.74, 6) is 0.723. The fourth-order valence-corrected chi connectivity index (χ4v) is 2.04. The van der Waals surface area contributed by atoms with Gasteiger partial charge in [-0.15, -0.1) is 0 Å². The predicted molar refractivity (Wildman–Crippen MR) is 77.9 cm³/mol. The van der Waals surface area contributed by atoms with Crippen LogP contribution in [0.2, 0.25) is 0 Å². The van der Waals surface area contributed by atoms with Gasteiger partial charge in [0.15, 0.2) is 0 Å². The average molecular weight is 273 g/mol. The van der Waals surface area contributed by atoms with Crippen molar-refractivity contribution in [3.63, 3.8) is 0 Å². The normalized spacial score (nSPS) is 10.4. The van der Waals surface area contributed by atoms with Crippen molar-refractivity contribution in [2.45, 2.75) is 27.3 Å². The Morgan fingerprint density at radius 3 is 2.65 bits per heavy atom. The Bertz CT molecular complexity index is 613. The number of amides is 1. The molecule has 1 amide bonds. The third kappa shape index (κ3) is 2.82. The minimum Gasteiger partial charge on any atom is -0.381 e. The molecule has 0 aliphatic heterocycles. The standard InChI is InChI=1S/C15H19N3O2/c1-9-5-6-12(15(19)16-4)7-14(9)17-8-13-10(2)18-20-11(13)3/h5-7,17H,8H2,1-4H3,(H,16,19). The summed E-state index contributed by atoms with van der Waals surface area (Å²) in [6.07, 6.45) is 0. The number of nitrogens with zero attached hydrogens (tertiary/aromatic N) is 1. The molecule has 1 aromatic heterocycles. The van der Waals surface area contributed by atoms with Gasteiger partial charge in [0, 0.05) is 30.4 Å². The van der Waals surface area contributed by atoms with Crippen molar-refractivity contribution in [3.05, 3.63) is 46.3 Å². The van der Waals surface area contributed by atoms with Crippen molar-refractivity contribution in [2.24, 2.45) is 0 Å². The Hall–Kier alpha value is -2.30. The summed E-state index contributed by atoms with van der Waals surface area (Å²) in [7, 11) is 1.62. The Balaban J connectivity index is 2.19. The molecule has 20 heavy (non-hydrogen) atoms. The van der Waals surface area contributed by atoms with E-state index in [1.165, 1.54) is 0 Å². The van der Waals surface area contributed by atoms with E-state index in [1.54, 1.807) is 7.05 Å². The molecular weight excluding hydrogens is 254 g/mol. The lowest BCUT2D eigenvalue weighted by Crippen LogP contribution is -2.18. The van der Waals surface area contributed by atoms with E-state index in [4.69, 9.17) is 4.52 Å². The predicted octanol–water partition coefficient (Wildman–Crippen LogP) is 2.57. The van der Waals surface area contributed by atoms with Crippen molar-refractivity contribution in [1.29, 1.82) is 0 Å². The molecule has 0 bridgehead atoms. The molecule has 2 N–H and O–H groups in total. The number of anilines is 1. The van der Waals surface area contributed by atoms with E-state index in [2.05, 4.69) is 15.8 Å². The minimum absolute atomic E-state index is 0.0922. The number of hydrogen-bond donors (Lipinski definition) is 2. The molecule has 106 valence electrons. The topological polar surface area (TPSA) is 67.2 Å². The number of nitrogens with one attached hydrogen (secondary N) is 2. The van der Waals surface area contributed by atoms with E-state index in [-0.39, 0.29) is 5.91 Å². The van der Waals surface area contributed by atoms with E-state index in [0.717, 1.165) is 28.3 Å². The van der Waals surface area contributed by atoms with Gasteiger partial charge in [-0.2, -0.15) is 0 Å². The first-order valence-electron chi connectivity index (χ1n) is 6.51. The lowest BCUT2D eigenvalue weighted by molar-refractivity contribution is 0.0963. The fraction of sp³-hybridized carbons (Fsp3) is 0.333. The van der Waals surface area contributed by atoms with Crippen LogP contribution in [0.4, 0.5) is 5.69 Å². The summed E-state index contributed by atoms with van der Waals surface area (Å²) < 4.78 is 5.14. The molecule has 1 aromatic carbocycles. The zero-order valence-corrected chi connectivity index (χ0v) is 12.2. The minimum atomic E-state index is -0.0922. The van der Waals surface area contributed by atoms with Crippen LogP contribution in [0.25, 0.3) is 0 Å². The molecule has 0 saturated carbocycles. The van der Waals surface area contributed by atoms with Crippen LogP contribution < -0.4 is 10.6 Å². The molecule has 0 aliphatic rings. The Labute approximate surface area is 118 Å². The Morgan fingerprint density at radius 2 is 2.05 bits per heavy atom. The van der Waals surface area contributed by atoms with Crippen LogP contribution in [0.3, 0.4) is 0 Å². The van der Waals surface area contributed by atoms with Gasteiger partial charge in [0.1, 0.15) is 5.76 Å². The monoisotopic (exact) mass is 273 g/mol. The molecule has 2 aromatic rings. The van der Waals surface area contributed by atoms with Gasteiger partial charge in [0.05, 0.1) is 5.69 Å². The summed E-state index contributed by atoms with van der Waals surface area (Å²) >= 11 is 0. The molecule has 5 heteroatoms. The number of rotatable bonds is 4. The summed E-state index contributed by atoms with van der Waals surface area (Å²) in [6.45, 7) is 6.44. The molecule has 0 unspecified atom stereocenters. The maximum absolute atomic E-state index is 11.7. The van der Waals surface area contributed by atoms with E-state index in [0.29, 0.717) is 12.1 Å². The molecule has 0 spiro atoms. The van der Waals surface area contributed by atoms with Gasteiger partial charge in [0.25, 0.3) is 5.91 Å². The number of hydrogen-bond acceptors (Lipinski definition) is 4. The third-order valence-corrected chi connectivity index (χ3v) is 3.36. The smallest absolute Gasteiger partial charge is 0.251 e. The van der Waals surface area contributed by atoms with Crippen LogP contribution >= 0.6 is 0 Å². The molecular formula is C15H19N3O2. The van der Waals surface area contributed by atoms with Crippen LogP contribution in [0, 0.1) is 20.8 Å². The first-order valence-corrected chi connectivity index (χ1v) is 6.51. The second-order valence-electron chi connectivity index (χ2n) is 4.77. The van der Waals surface area contributed by atoms with E-state index < -0.39 is 0 Å². The van der Waals surface area contributed by atoms with Crippen molar-refractivity contribution in [1.82, 2.24) is 10.5 Å². The number of carbonyl (C=O) groups is 1. The highest BCUT2D eigenvalue weighted by Gasteiger charge is 2.10. The van der Waals surface area contributed by atoms with Crippen molar-refractivity contribution in [3.8, 4) is 0 Å². The molecule has 0 saturated heterocycles. The lowest BCUT2D eigenvalue weighted by Gasteiger charge is -2.11. The number of aryl methyl sites for hydroxylation is 3. The third-order valence-electron chi connectivity index (χ3n) is 3.36. The Kier molecular flexibility index (Phi) is 4.08. The number of benzene rings is 1. The summed E-state index contributed by atoms with van der Waals surface area (Å²) in [5.41, 5.74) is 4.60. The van der Waals surface area contributed by atoms with Crippen molar-refractivity contribution >= 4 is 11.6 Å². The van der Waals surface area contributed by atoms with Gasteiger partial charge in [-0.3, -0.25) is 4.79 Å². The zero-order valence-electron chi connectivity index (χ0n) is 12.2. The summed E-state index contributed by atoms with van der Waals surface area (Å²) in [5, 5.41) is 9.89. The lowest BCUT2D eigenvalue weighted by atomic mass is 10.1. The van der Waals surface area contributed by atoms with Crippen LogP contribution in [0.1, 0.15) is 32.9 Å². The second kappa shape index (κ2) is 5.77. The number of carbonyl (C=O) groups excluding carboxylic acids is 1. The van der Waals surface area contributed by atoms with Crippen LogP contribution in [-0.2, 0) is 6.54 Å². The average Bonchev–Trinajstić information content (AvgIpc) is 2.76. The van der Waals surface area contributed by atoms with Gasteiger partial charge < -0.3 is 15.2 Å². The van der Waals surface area contributed by atoms with Gasteiger partial charge >= 0.3 is 0 Å². The van der Waals surface area contributed by atoms with Gasteiger partial charge in [-0.1, -0.05) is 11.2 Å². The Morgan fingerprint density at radius 1 is 1.30 bits per heavy atom.